The van der Waals surface area contributed by atoms with Crippen LogP contribution in [0.15, 0.2) is 12.3 Å². The van der Waals surface area contributed by atoms with Crippen LogP contribution in [0.3, 0.4) is 0 Å². The van der Waals surface area contributed by atoms with Crippen molar-refractivity contribution in [2.75, 3.05) is 20.6 Å². The van der Waals surface area contributed by atoms with Gasteiger partial charge in [0.2, 0.25) is 0 Å². The van der Waals surface area contributed by atoms with Crippen LogP contribution in [-0.4, -0.2) is 31.6 Å². The molecular weight excluding hydrogens is 246 g/mol. The SMILES string of the molecule is C=C(CCCN(C)C)OC(CC)CCCCCCCC. The van der Waals surface area contributed by atoms with Gasteiger partial charge in [-0.2, -0.15) is 0 Å². The molecule has 20 heavy (non-hydrogen) atoms. The van der Waals surface area contributed by atoms with Gasteiger partial charge < -0.3 is 9.64 Å². The number of ether oxygens (including phenoxy) is 1. The molecule has 0 aliphatic heterocycles. The van der Waals surface area contributed by atoms with Gasteiger partial charge in [0.05, 0.1) is 11.9 Å². The summed E-state index contributed by atoms with van der Waals surface area (Å²) < 4.78 is 6.00. The van der Waals surface area contributed by atoms with E-state index in [2.05, 4.69) is 39.4 Å². The van der Waals surface area contributed by atoms with E-state index in [0.29, 0.717) is 6.10 Å². The van der Waals surface area contributed by atoms with Gasteiger partial charge in [0.1, 0.15) is 0 Å². The first-order valence-corrected chi connectivity index (χ1v) is 8.59. The number of allylic oxidation sites excluding steroid dienone is 1. The van der Waals surface area contributed by atoms with Gasteiger partial charge in [0.15, 0.2) is 0 Å². The second-order valence-corrected chi connectivity index (χ2v) is 6.15. The maximum Gasteiger partial charge on any atom is 0.0979 e. The average Bonchev–Trinajstić information content (AvgIpc) is 2.40. The molecule has 0 fully saturated rings. The molecule has 1 atom stereocenters. The van der Waals surface area contributed by atoms with E-state index in [0.717, 1.165) is 31.6 Å². The third-order valence-electron chi connectivity index (χ3n) is 3.73. The van der Waals surface area contributed by atoms with E-state index in [9.17, 15) is 0 Å². The van der Waals surface area contributed by atoms with Crippen LogP contribution < -0.4 is 0 Å². The highest BCUT2D eigenvalue weighted by molar-refractivity contribution is 4.84. The van der Waals surface area contributed by atoms with Gasteiger partial charge in [0, 0.05) is 6.42 Å². The highest BCUT2D eigenvalue weighted by Gasteiger charge is 2.08. The largest absolute Gasteiger partial charge is 0.495 e. The molecule has 120 valence electrons. The number of nitrogens with zero attached hydrogens (tertiary/aromatic N) is 1. The first kappa shape index (κ1) is 19.5. The van der Waals surface area contributed by atoms with Crippen molar-refractivity contribution < 1.29 is 4.74 Å². The molecule has 1 unspecified atom stereocenters. The second kappa shape index (κ2) is 13.5. The van der Waals surface area contributed by atoms with Crippen LogP contribution in [-0.2, 0) is 4.74 Å². The number of hydrogen-bond acceptors (Lipinski definition) is 2. The lowest BCUT2D eigenvalue weighted by atomic mass is 10.1. The van der Waals surface area contributed by atoms with Crippen molar-refractivity contribution in [3.63, 3.8) is 0 Å². The van der Waals surface area contributed by atoms with E-state index in [-0.39, 0.29) is 0 Å². The molecule has 0 aromatic carbocycles. The second-order valence-electron chi connectivity index (χ2n) is 6.15. The molecule has 0 N–H and O–H groups in total. The lowest BCUT2D eigenvalue weighted by Gasteiger charge is -2.19. The fraction of sp³-hybridized carbons (Fsp3) is 0.889. The molecule has 0 heterocycles. The molecule has 2 heteroatoms. The minimum atomic E-state index is 0.382. The van der Waals surface area contributed by atoms with Gasteiger partial charge in [-0.05, 0) is 46.3 Å². The van der Waals surface area contributed by atoms with Gasteiger partial charge in [-0.25, -0.2) is 0 Å². The van der Waals surface area contributed by atoms with E-state index in [1.54, 1.807) is 0 Å². The smallest absolute Gasteiger partial charge is 0.0979 e. The summed E-state index contributed by atoms with van der Waals surface area (Å²) in [6, 6.07) is 0. The summed E-state index contributed by atoms with van der Waals surface area (Å²) in [7, 11) is 4.22. The van der Waals surface area contributed by atoms with Gasteiger partial charge in [0.25, 0.3) is 0 Å². The van der Waals surface area contributed by atoms with Crippen molar-refractivity contribution in [3.05, 3.63) is 12.3 Å². The van der Waals surface area contributed by atoms with Crippen LogP contribution in [0.1, 0.15) is 78.1 Å². The van der Waals surface area contributed by atoms with Crippen LogP contribution in [0.5, 0.6) is 0 Å². The van der Waals surface area contributed by atoms with Gasteiger partial charge in [-0.15, -0.1) is 0 Å². The highest BCUT2D eigenvalue weighted by atomic mass is 16.5. The topological polar surface area (TPSA) is 12.5 Å². The molecular formula is C18H37NO. The average molecular weight is 283 g/mol. The zero-order chi connectivity index (χ0) is 15.2. The summed E-state index contributed by atoms with van der Waals surface area (Å²) >= 11 is 0. The molecule has 0 spiro atoms. The van der Waals surface area contributed by atoms with Crippen molar-refractivity contribution in [3.8, 4) is 0 Å². The predicted octanol–water partition coefficient (Wildman–Crippen LogP) is 5.39. The Hall–Kier alpha value is -0.500. The van der Waals surface area contributed by atoms with E-state index in [4.69, 9.17) is 4.74 Å². The molecule has 0 rings (SSSR count). The lowest BCUT2D eigenvalue weighted by molar-refractivity contribution is 0.0956. The Morgan fingerprint density at radius 1 is 1.00 bits per heavy atom. The highest BCUT2D eigenvalue weighted by Crippen LogP contribution is 2.16. The molecule has 0 bridgehead atoms. The summed E-state index contributed by atoms with van der Waals surface area (Å²) in [6.07, 6.45) is 12.9. The summed E-state index contributed by atoms with van der Waals surface area (Å²) in [4.78, 5) is 2.21. The monoisotopic (exact) mass is 283 g/mol. The van der Waals surface area contributed by atoms with E-state index in [1.165, 1.54) is 44.9 Å². The molecule has 0 saturated heterocycles. The van der Waals surface area contributed by atoms with E-state index >= 15 is 0 Å². The van der Waals surface area contributed by atoms with Crippen LogP contribution >= 0.6 is 0 Å². The van der Waals surface area contributed by atoms with E-state index < -0.39 is 0 Å². The van der Waals surface area contributed by atoms with Crippen LogP contribution in [0.4, 0.5) is 0 Å². The quantitative estimate of drug-likeness (QED) is 0.313. The lowest BCUT2D eigenvalue weighted by Crippen LogP contribution is -2.15. The normalized spacial score (nSPS) is 12.7. The Balaban J connectivity index is 3.61. The zero-order valence-corrected chi connectivity index (χ0v) is 14.4. The van der Waals surface area contributed by atoms with Crippen LogP contribution in [0.2, 0.25) is 0 Å². The fourth-order valence-electron chi connectivity index (χ4n) is 2.39. The van der Waals surface area contributed by atoms with Gasteiger partial charge in [-0.1, -0.05) is 52.5 Å². The minimum Gasteiger partial charge on any atom is -0.495 e. The molecule has 0 aliphatic carbocycles. The standard InChI is InChI=1S/C18H37NO/c1-6-8-9-10-11-12-15-18(7-2)20-17(3)14-13-16-19(4)5/h18H,3,6-16H2,1-2,4-5H3. The number of rotatable bonds is 14. The summed E-state index contributed by atoms with van der Waals surface area (Å²) in [6.45, 7) is 9.66. The molecule has 2 nitrogen and oxygen atoms in total. The number of hydrogen-bond donors (Lipinski definition) is 0. The van der Waals surface area contributed by atoms with E-state index in [1.807, 2.05) is 0 Å². The Bertz CT molecular complexity index is 225. The van der Waals surface area contributed by atoms with Crippen molar-refractivity contribution in [1.29, 1.82) is 0 Å². The molecule has 0 saturated carbocycles. The molecule has 0 aromatic heterocycles. The van der Waals surface area contributed by atoms with Gasteiger partial charge in [-0.3, -0.25) is 0 Å². The molecule has 0 radical (unpaired) electrons. The molecule has 0 aliphatic rings. The third-order valence-corrected chi connectivity index (χ3v) is 3.73. The Morgan fingerprint density at radius 3 is 2.25 bits per heavy atom. The summed E-state index contributed by atoms with van der Waals surface area (Å²) in [5.74, 6) is 0.977. The Morgan fingerprint density at radius 2 is 1.65 bits per heavy atom. The minimum absolute atomic E-state index is 0.382. The van der Waals surface area contributed by atoms with Crippen molar-refractivity contribution in [2.45, 2.75) is 84.2 Å². The molecule has 0 aromatic rings. The summed E-state index contributed by atoms with van der Waals surface area (Å²) in [5, 5.41) is 0. The van der Waals surface area contributed by atoms with Crippen molar-refractivity contribution >= 4 is 0 Å². The third kappa shape index (κ3) is 12.5. The molecule has 0 amide bonds. The van der Waals surface area contributed by atoms with Crippen LogP contribution in [0.25, 0.3) is 0 Å². The first-order valence-electron chi connectivity index (χ1n) is 8.59. The maximum absolute atomic E-state index is 6.00. The van der Waals surface area contributed by atoms with Crippen molar-refractivity contribution in [2.24, 2.45) is 0 Å². The Kier molecular flexibility index (Phi) is 13.1. The predicted molar refractivity (Wildman–Crippen MR) is 90.1 cm³/mol. The Labute approximate surface area is 127 Å². The summed E-state index contributed by atoms with van der Waals surface area (Å²) in [5.41, 5.74) is 0. The fourth-order valence-corrected chi connectivity index (χ4v) is 2.39. The first-order chi connectivity index (χ1) is 9.60. The maximum atomic E-state index is 6.00. The number of unbranched alkanes of at least 4 members (excludes halogenated alkanes) is 5. The zero-order valence-electron chi connectivity index (χ0n) is 14.4. The van der Waals surface area contributed by atoms with Crippen LogP contribution in [0, 0.1) is 0 Å². The van der Waals surface area contributed by atoms with Crippen molar-refractivity contribution in [1.82, 2.24) is 4.90 Å². The van der Waals surface area contributed by atoms with Gasteiger partial charge >= 0.3 is 0 Å².